The molecule has 3 rings (SSSR count). The topological polar surface area (TPSA) is 39.0 Å². The van der Waals surface area contributed by atoms with Gasteiger partial charge in [-0.05, 0) is 44.1 Å². The number of aryl methyl sites for hydroxylation is 1. The highest BCUT2D eigenvalue weighted by Gasteiger charge is 2.21. The Kier molecular flexibility index (Phi) is 5.16. The van der Waals surface area contributed by atoms with E-state index >= 15 is 0 Å². The predicted octanol–water partition coefficient (Wildman–Crippen LogP) is 3.66. The molecule has 24 heavy (non-hydrogen) atoms. The molecule has 0 saturated heterocycles. The zero-order chi connectivity index (χ0) is 16.9. The summed E-state index contributed by atoms with van der Waals surface area (Å²) in [5.41, 5.74) is 3.27. The van der Waals surface area contributed by atoms with Crippen molar-refractivity contribution in [1.29, 1.82) is 0 Å². The fourth-order valence-electron chi connectivity index (χ4n) is 3.37. The van der Waals surface area contributed by atoms with Crippen LogP contribution in [0.25, 0.3) is 11.0 Å². The molecule has 128 valence electrons. The standard InChI is InChI=1S/C20H25N3O.H2/c1-3-21-15-14-17(16-10-6-5-7-11-16)23-19-13-9-8-12-18(19)22(4-2)20(23)24;/h5-13,17,21H,3-4,14-15H2,1-2H3;1H/t17-;/m1./s1. The molecular weight excluding hydrogens is 298 g/mol. The van der Waals surface area contributed by atoms with Crippen LogP contribution in [0.3, 0.4) is 0 Å². The minimum atomic E-state index is 0. The van der Waals surface area contributed by atoms with Gasteiger partial charge >= 0.3 is 5.69 Å². The molecule has 0 bridgehead atoms. The minimum Gasteiger partial charge on any atom is -0.317 e. The lowest BCUT2D eigenvalue weighted by molar-refractivity contribution is 0.504. The van der Waals surface area contributed by atoms with Gasteiger partial charge in [0.25, 0.3) is 0 Å². The Balaban J connectivity index is 0.00000225. The average Bonchev–Trinajstić information content (AvgIpc) is 2.91. The minimum absolute atomic E-state index is 0. The summed E-state index contributed by atoms with van der Waals surface area (Å²) in [6.45, 7) is 6.63. The van der Waals surface area contributed by atoms with Crippen molar-refractivity contribution in [3.05, 3.63) is 70.6 Å². The van der Waals surface area contributed by atoms with Crippen molar-refractivity contribution in [1.82, 2.24) is 14.5 Å². The third kappa shape index (κ3) is 3.02. The van der Waals surface area contributed by atoms with Gasteiger partial charge in [0.05, 0.1) is 17.1 Å². The van der Waals surface area contributed by atoms with Crippen LogP contribution in [0.5, 0.6) is 0 Å². The van der Waals surface area contributed by atoms with E-state index in [9.17, 15) is 4.79 Å². The lowest BCUT2D eigenvalue weighted by Gasteiger charge is -2.19. The summed E-state index contributed by atoms with van der Waals surface area (Å²) in [7, 11) is 0. The van der Waals surface area contributed by atoms with Gasteiger partial charge in [-0.3, -0.25) is 9.13 Å². The first-order chi connectivity index (χ1) is 11.8. The molecule has 0 aliphatic carbocycles. The Labute approximate surface area is 144 Å². The van der Waals surface area contributed by atoms with Gasteiger partial charge in [-0.25, -0.2) is 4.79 Å². The van der Waals surface area contributed by atoms with Crippen molar-refractivity contribution >= 4 is 11.0 Å². The Morgan fingerprint density at radius 2 is 1.67 bits per heavy atom. The molecule has 2 aromatic carbocycles. The van der Waals surface area contributed by atoms with Crippen LogP contribution in [-0.4, -0.2) is 22.2 Å². The maximum absolute atomic E-state index is 13.1. The van der Waals surface area contributed by atoms with E-state index in [1.54, 1.807) is 0 Å². The molecule has 0 spiro atoms. The summed E-state index contributed by atoms with van der Waals surface area (Å²) in [6, 6.07) is 18.4. The maximum Gasteiger partial charge on any atom is 0.329 e. The molecule has 0 amide bonds. The van der Waals surface area contributed by atoms with Gasteiger partial charge in [0.1, 0.15) is 0 Å². The van der Waals surface area contributed by atoms with E-state index in [4.69, 9.17) is 0 Å². The van der Waals surface area contributed by atoms with Crippen LogP contribution in [0.4, 0.5) is 0 Å². The molecule has 1 heterocycles. The SMILES string of the molecule is CCNCC[C@H](c1ccccc1)n1c(=O)n(CC)c2ccccc21.[HH]. The highest BCUT2D eigenvalue weighted by molar-refractivity contribution is 5.76. The number of nitrogens with one attached hydrogen (secondary N) is 1. The normalized spacial score (nSPS) is 12.6. The van der Waals surface area contributed by atoms with Gasteiger partial charge in [0.15, 0.2) is 0 Å². The number of aromatic nitrogens is 2. The molecule has 4 heteroatoms. The number of rotatable bonds is 7. The number of hydrogen-bond acceptors (Lipinski definition) is 2. The lowest BCUT2D eigenvalue weighted by atomic mass is 10.0. The smallest absolute Gasteiger partial charge is 0.317 e. The van der Waals surface area contributed by atoms with Gasteiger partial charge < -0.3 is 5.32 Å². The van der Waals surface area contributed by atoms with Gasteiger partial charge in [0, 0.05) is 7.97 Å². The third-order valence-electron chi connectivity index (χ3n) is 4.53. The van der Waals surface area contributed by atoms with Crippen molar-refractivity contribution in [3.63, 3.8) is 0 Å². The first kappa shape index (κ1) is 16.5. The van der Waals surface area contributed by atoms with E-state index in [0.29, 0.717) is 6.54 Å². The summed E-state index contributed by atoms with van der Waals surface area (Å²) in [5.74, 6) is 0. The zero-order valence-electron chi connectivity index (χ0n) is 14.4. The summed E-state index contributed by atoms with van der Waals surface area (Å²) < 4.78 is 3.82. The quantitative estimate of drug-likeness (QED) is 0.673. The lowest BCUT2D eigenvalue weighted by Crippen LogP contribution is -2.30. The summed E-state index contributed by atoms with van der Waals surface area (Å²) in [4.78, 5) is 13.1. The highest BCUT2D eigenvalue weighted by Crippen LogP contribution is 2.25. The van der Waals surface area contributed by atoms with Crippen molar-refractivity contribution in [2.24, 2.45) is 0 Å². The van der Waals surface area contributed by atoms with E-state index in [2.05, 4.69) is 24.4 Å². The molecule has 1 aromatic heterocycles. The number of imidazole rings is 1. The van der Waals surface area contributed by atoms with Crippen molar-refractivity contribution in [3.8, 4) is 0 Å². The molecule has 1 N–H and O–H groups in total. The van der Waals surface area contributed by atoms with E-state index in [1.807, 2.05) is 58.5 Å². The molecule has 4 nitrogen and oxygen atoms in total. The Hall–Kier alpha value is -2.33. The van der Waals surface area contributed by atoms with Crippen LogP contribution in [0.15, 0.2) is 59.4 Å². The van der Waals surface area contributed by atoms with Crippen molar-refractivity contribution < 1.29 is 1.43 Å². The molecule has 0 aliphatic heterocycles. The number of fused-ring (bicyclic) bond motifs is 1. The average molecular weight is 325 g/mol. The van der Waals surface area contributed by atoms with Crippen LogP contribution < -0.4 is 11.0 Å². The molecule has 0 radical (unpaired) electrons. The van der Waals surface area contributed by atoms with Crippen LogP contribution in [0, 0.1) is 0 Å². The Morgan fingerprint density at radius 1 is 1.00 bits per heavy atom. The fraction of sp³-hybridized carbons (Fsp3) is 0.350. The van der Waals surface area contributed by atoms with Crippen LogP contribution in [0.1, 0.15) is 33.3 Å². The van der Waals surface area contributed by atoms with E-state index in [1.165, 1.54) is 5.56 Å². The van der Waals surface area contributed by atoms with Gasteiger partial charge in [0.2, 0.25) is 0 Å². The monoisotopic (exact) mass is 325 g/mol. The van der Waals surface area contributed by atoms with Gasteiger partial charge in [-0.2, -0.15) is 0 Å². The summed E-state index contributed by atoms with van der Waals surface area (Å²) >= 11 is 0. The van der Waals surface area contributed by atoms with E-state index in [0.717, 1.165) is 30.5 Å². The number of nitrogens with zero attached hydrogens (tertiary/aromatic N) is 2. The maximum atomic E-state index is 13.1. The Morgan fingerprint density at radius 3 is 2.33 bits per heavy atom. The highest BCUT2D eigenvalue weighted by atomic mass is 16.1. The molecular formula is C20H27N3O. The second-order valence-corrected chi connectivity index (χ2v) is 5.95. The largest absolute Gasteiger partial charge is 0.329 e. The third-order valence-corrected chi connectivity index (χ3v) is 4.53. The van der Waals surface area contributed by atoms with E-state index in [-0.39, 0.29) is 13.2 Å². The molecule has 1 atom stereocenters. The summed E-state index contributed by atoms with van der Waals surface area (Å²) in [5, 5.41) is 3.38. The van der Waals surface area contributed by atoms with E-state index < -0.39 is 0 Å². The molecule has 0 aliphatic rings. The molecule has 0 unspecified atom stereocenters. The summed E-state index contributed by atoms with van der Waals surface area (Å²) in [6.07, 6.45) is 0.884. The second-order valence-electron chi connectivity index (χ2n) is 5.95. The molecule has 3 aromatic rings. The Bertz CT molecular complexity index is 854. The number of hydrogen-bond donors (Lipinski definition) is 1. The van der Waals surface area contributed by atoms with Crippen molar-refractivity contribution in [2.45, 2.75) is 32.9 Å². The second kappa shape index (κ2) is 7.49. The van der Waals surface area contributed by atoms with Crippen LogP contribution >= 0.6 is 0 Å². The number of benzene rings is 2. The van der Waals surface area contributed by atoms with Crippen LogP contribution in [0.2, 0.25) is 0 Å². The zero-order valence-corrected chi connectivity index (χ0v) is 14.4. The van der Waals surface area contributed by atoms with Crippen molar-refractivity contribution in [2.75, 3.05) is 13.1 Å². The first-order valence-electron chi connectivity index (χ1n) is 8.73. The number of para-hydroxylation sites is 2. The van der Waals surface area contributed by atoms with Crippen LogP contribution in [-0.2, 0) is 6.54 Å². The fourth-order valence-corrected chi connectivity index (χ4v) is 3.37. The first-order valence-corrected chi connectivity index (χ1v) is 8.73. The predicted molar refractivity (Wildman–Crippen MR) is 102 cm³/mol. The van der Waals surface area contributed by atoms with Gasteiger partial charge in [-0.1, -0.05) is 49.4 Å². The molecule has 0 fully saturated rings. The molecule has 0 saturated carbocycles. The van der Waals surface area contributed by atoms with Gasteiger partial charge in [-0.15, -0.1) is 0 Å².